The zero-order valence-corrected chi connectivity index (χ0v) is 11.5. The first-order valence-corrected chi connectivity index (χ1v) is 7.76. The Bertz CT molecular complexity index is 189. The Balaban J connectivity index is 4.08. The van der Waals surface area contributed by atoms with Gasteiger partial charge in [0.25, 0.3) is 0 Å². The van der Waals surface area contributed by atoms with Crippen LogP contribution in [0.3, 0.4) is 0 Å². The van der Waals surface area contributed by atoms with Crippen LogP contribution in [0.25, 0.3) is 0 Å². The molecule has 0 rings (SSSR count). The Morgan fingerprint density at radius 1 is 1.20 bits per heavy atom. The molecule has 0 radical (unpaired) electrons. The largest absolute Gasteiger partial charge is 0.332 e. The van der Waals surface area contributed by atoms with Crippen LogP contribution in [-0.4, -0.2) is 24.8 Å². The standard InChI is InChI=1S/C10H22ClO3P/c1-4-7-8-10(11)9-15(12,13-5-2)14-6-3/h10H,4-9H2,1-3H3. The van der Waals surface area contributed by atoms with Crippen molar-refractivity contribution < 1.29 is 13.6 Å². The van der Waals surface area contributed by atoms with E-state index in [0.29, 0.717) is 19.4 Å². The molecule has 1 atom stereocenters. The Morgan fingerprint density at radius 2 is 1.73 bits per heavy atom. The minimum absolute atomic E-state index is 0.117. The maximum absolute atomic E-state index is 12.1. The highest BCUT2D eigenvalue weighted by Gasteiger charge is 2.27. The van der Waals surface area contributed by atoms with Gasteiger partial charge in [-0.15, -0.1) is 11.6 Å². The molecule has 0 aliphatic heterocycles. The molecule has 0 aromatic heterocycles. The first kappa shape index (κ1) is 15.4. The molecular weight excluding hydrogens is 235 g/mol. The van der Waals surface area contributed by atoms with Crippen molar-refractivity contribution in [1.82, 2.24) is 0 Å². The second-order valence-corrected chi connectivity index (χ2v) is 6.09. The number of hydrogen-bond donors (Lipinski definition) is 0. The van der Waals surface area contributed by atoms with E-state index >= 15 is 0 Å². The fourth-order valence-electron chi connectivity index (χ4n) is 1.30. The summed E-state index contributed by atoms with van der Waals surface area (Å²) in [7, 11) is -2.95. The lowest BCUT2D eigenvalue weighted by atomic mass is 10.2. The third kappa shape index (κ3) is 7.35. The summed E-state index contributed by atoms with van der Waals surface area (Å²) >= 11 is 6.08. The van der Waals surface area contributed by atoms with Crippen molar-refractivity contribution in [1.29, 1.82) is 0 Å². The van der Waals surface area contributed by atoms with Crippen molar-refractivity contribution >= 4 is 19.2 Å². The van der Waals surface area contributed by atoms with Gasteiger partial charge in [0, 0.05) is 5.38 Å². The van der Waals surface area contributed by atoms with E-state index in [2.05, 4.69) is 6.92 Å². The molecule has 15 heavy (non-hydrogen) atoms. The molecule has 0 amide bonds. The first-order chi connectivity index (χ1) is 7.08. The molecule has 0 N–H and O–H groups in total. The highest BCUT2D eigenvalue weighted by atomic mass is 35.5. The molecule has 1 unspecified atom stereocenters. The fourth-order valence-corrected chi connectivity index (χ4v) is 3.70. The second-order valence-electron chi connectivity index (χ2n) is 3.37. The van der Waals surface area contributed by atoms with Gasteiger partial charge in [0.05, 0.1) is 19.4 Å². The molecule has 0 saturated heterocycles. The van der Waals surface area contributed by atoms with Gasteiger partial charge in [-0.3, -0.25) is 4.57 Å². The minimum atomic E-state index is -2.95. The third-order valence-corrected chi connectivity index (χ3v) is 4.72. The Hall–Kier alpha value is 0.440. The van der Waals surface area contributed by atoms with Gasteiger partial charge in [0.2, 0.25) is 0 Å². The third-order valence-electron chi connectivity index (χ3n) is 1.94. The Labute approximate surface area is 98.0 Å². The van der Waals surface area contributed by atoms with Gasteiger partial charge in [-0.2, -0.15) is 0 Å². The predicted molar refractivity (Wildman–Crippen MR) is 64.9 cm³/mol. The molecule has 5 heteroatoms. The number of rotatable bonds is 9. The van der Waals surface area contributed by atoms with Gasteiger partial charge in [-0.25, -0.2) is 0 Å². The molecule has 92 valence electrons. The summed E-state index contributed by atoms with van der Waals surface area (Å²) in [6.45, 7) is 6.51. The Kier molecular flexibility index (Phi) is 8.83. The molecule has 0 aromatic rings. The average molecular weight is 257 g/mol. The maximum atomic E-state index is 12.1. The molecular formula is C10H22ClO3P. The summed E-state index contributed by atoms with van der Waals surface area (Å²) in [5.41, 5.74) is 0. The summed E-state index contributed by atoms with van der Waals surface area (Å²) in [6.07, 6.45) is 3.32. The van der Waals surface area contributed by atoms with Crippen molar-refractivity contribution in [3.63, 3.8) is 0 Å². The topological polar surface area (TPSA) is 35.5 Å². The van der Waals surface area contributed by atoms with Gasteiger partial charge in [0.1, 0.15) is 0 Å². The van der Waals surface area contributed by atoms with E-state index < -0.39 is 7.60 Å². The van der Waals surface area contributed by atoms with E-state index in [1.807, 2.05) is 0 Å². The SMILES string of the molecule is CCCCC(Cl)CP(=O)(OCC)OCC. The van der Waals surface area contributed by atoms with E-state index in [1.54, 1.807) is 13.8 Å². The number of alkyl halides is 1. The van der Waals surface area contributed by atoms with E-state index in [0.717, 1.165) is 19.3 Å². The van der Waals surface area contributed by atoms with Crippen LogP contribution in [-0.2, 0) is 13.6 Å². The lowest BCUT2D eigenvalue weighted by Crippen LogP contribution is -2.10. The van der Waals surface area contributed by atoms with Gasteiger partial charge in [-0.1, -0.05) is 19.8 Å². The van der Waals surface area contributed by atoms with Gasteiger partial charge >= 0.3 is 7.60 Å². The summed E-state index contributed by atoms with van der Waals surface area (Å²) in [5.74, 6) is 0. The zero-order chi connectivity index (χ0) is 11.7. The van der Waals surface area contributed by atoms with Crippen molar-refractivity contribution in [2.75, 3.05) is 19.4 Å². The smallest absolute Gasteiger partial charge is 0.309 e. The zero-order valence-electron chi connectivity index (χ0n) is 9.87. The molecule has 0 spiro atoms. The van der Waals surface area contributed by atoms with Crippen LogP contribution in [0.1, 0.15) is 40.0 Å². The van der Waals surface area contributed by atoms with Crippen LogP contribution < -0.4 is 0 Å². The summed E-state index contributed by atoms with van der Waals surface area (Å²) < 4.78 is 22.4. The fraction of sp³-hybridized carbons (Fsp3) is 1.00. The maximum Gasteiger partial charge on any atom is 0.332 e. The molecule has 0 bridgehead atoms. The molecule has 0 fully saturated rings. The quantitative estimate of drug-likeness (QED) is 0.461. The number of halogens is 1. The number of unbranched alkanes of at least 4 members (excludes halogenated alkanes) is 1. The molecule has 0 saturated carbocycles. The first-order valence-electron chi connectivity index (χ1n) is 5.60. The van der Waals surface area contributed by atoms with Crippen LogP contribution >= 0.6 is 19.2 Å². The number of hydrogen-bond acceptors (Lipinski definition) is 3. The lowest BCUT2D eigenvalue weighted by molar-refractivity contribution is 0.220. The van der Waals surface area contributed by atoms with Crippen molar-refractivity contribution in [3.8, 4) is 0 Å². The second kappa shape index (κ2) is 8.58. The summed E-state index contributed by atoms with van der Waals surface area (Å²) in [5, 5.41) is -0.117. The van der Waals surface area contributed by atoms with Gasteiger partial charge in [-0.05, 0) is 20.3 Å². The average Bonchev–Trinajstić information content (AvgIpc) is 2.15. The molecule has 0 aliphatic carbocycles. The van der Waals surface area contributed by atoms with Crippen LogP contribution in [0, 0.1) is 0 Å². The van der Waals surface area contributed by atoms with Crippen LogP contribution in [0.4, 0.5) is 0 Å². The predicted octanol–water partition coefficient (Wildman–Crippen LogP) is 4.05. The minimum Gasteiger partial charge on any atom is -0.309 e. The highest BCUT2D eigenvalue weighted by molar-refractivity contribution is 7.54. The summed E-state index contributed by atoms with van der Waals surface area (Å²) in [4.78, 5) is 0. The van der Waals surface area contributed by atoms with Gasteiger partial charge in [0.15, 0.2) is 0 Å². The van der Waals surface area contributed by atoms with E-state index in [1.165, 1.54) is 0 Å². The van der Waals surface area contributed by atoms with Crippen molar-refractivity contribution in [3.05, 3.63) is 0 Å². The van der Waals surface area contributed by atoms with Crippen LogP contribution in [0.5, 0.6) is 0 Å². The monoisotopic (exact) mass is 256 g/mol. The van der Waals surface area contributed by atoms with E-state index in [4.69, 9.17) is 20.6 Å². The molecule has 0 aromatic carbocycles. The normalized spacial score (nSPS) is 14.1. The van der Waals surface area contributed by atoms with E-state index in [-0.39, 0.29) is 5.38 Å². The van der Waals surface area contributed by atoms with Crippen LogP contribution in [0.15, 0.2) is 0 Å². The van der Waals surface area contributed by atoms with Crippen molar-refractivity contribution in [2.24, 2.45) is 0 Å². The Morgan fingerprint density at radius 3 is 2.13 bits per heavy atom. The van der Waals surface area contributed by atoms with E-state index in [9.17, 15) is 4.57 Å². The molecule has 0 aliphatic rings. The molecule has 3 nitrogen and oxygen atoms in total. The van der Waals surface area contributed by atoms with Gasteiger partial charge < -0.3 is 9.05 Å². The lowest BCUT2D eigenvalue weighted by Gasteiger charge is -2.19. The van der Waals surface area contributed by atoms with Crippen molar-refractivity contribution in [2.45, 2.75) is 45.4 Å². The summed E-state index contributed by atoms with van der Waals surface area (Å²) in [6, 6.07) is 0. The highest BCUT2D eigenvalue weighted by Crippen LogP contribution is 2.49. The molecule has 0 heterocycles. The van der Waals surface area contributed by atoms with Crippen LogP contribution in [0.2, 0.25) is 0 Å².